The normalized spacial score (nSPS) is 17.2. The molecule has 1 saturated heterocycles. The summed E-state index contributed by atoms with van der Waals surface area (Å²) in [6, 6.07) is 1.96. The molecule has 1 fully saturated rings. The van der Waals surface area contributed by atoms with E-state index in [1.54, 1.807) is 11.3 Å². The molecule has 1 amide bonds. The molecule has 17 heavy (non-hydrogen) atoms. The maximum atomic E-state index is 11.8. The predicted octanol–water partition coefficient (Wildman–Crippen LogP) is 0.774. The van der Waals surface area contributed by atoms with Gasteiger partial charge in [-0.15, -0.1) is 11.3 Å². The summed E-state index contributed by atoms with van der Waals surface area (Å²) in [6.07, 6.45) is 0. The molecular weight excluding hydrogens is 242 g/mol. The van der Waals surface area contributed by atoms with Gasteiger partial charge in [-0.25, -0.2) is 0 Å². The third kappa shape index (κ3) is 2.05. The standard InChI is InChI=1S/C11H13NO4S/c1-7-2-3-17-8(7)4-12-9(13)11(10(14)15)5-16-6-11/h2-3H,4-6H2,1H3,(H,12,13)(H,14,15). The molecule has 1 aliphatic heterocycles. The van der Waals surface area contributed by atoms with Crippen molar-refractivity contribution >= 4 is 23.2 Å². The van der Waals surface area contributed by atoms with Crippen LogP contribution in [0.15, 0.2) is 11.4 Å². The minimum absolute atomic E-state index is 0.0441. The van der Waals surface area contributed by atoms with Crippen molar-refractivity contribution in [3.05, 3.63) is 21.9 Å². The van der Waals surface area contributed by atoms with Crippen molar-refractivity contribution in [1.82, 2.24) is 5.32 Å². The Hall–Kier alpha value is -1.40. The maximum Gasteiger partial charge on any atom is 0.324 e. The first-order chi connectivity index (χ1) is 8.06. The lowest BCUT2D eigenvalue weighted by molar-refractivity contribution is -0.185. The van der Waals surface area contributed by atoms with Gasteiger partial charge >= 0.3 is 5.97 Å². The van der Waals surface area contributed by atoms with Crippen LogP contribution in [0.4, 0.5) is 0 Å². The summed E-state index contributed by atoms with van der Waals surface area (Å²) < 4.78 is 4.84. The molecule has 0 bridgehead atoms. The molecule has 0 unspecified atom stereocenters. The second kappa shape index (κ2) is 4.46. The molecule has 1 aliphatic rings. The highest BCUT2D eigenvalue weighted by Crippen LogP contribution is 2.28. The third-order valence-electron chi connectivity index (χ3n) is 2.92. The zero-order valence-electron chi connectivity index (χ0n) is 9.36. The number of carboxylic acid groups (broad SMARTS) is 1. The fourth-order valence-corrected chi connectivity index (χ4v) is 2.42. The number of hydrogen-bond donors (Lipinski definition) is 2. The van der Waals surface area contributed by atoms with Gasteiger partial charge in [0.25, 0.3) is 0 Å². The Morgan fingerprint density at radius 2 is 2.29 bits per heavy atom. The molecule has 0 spiro atoms. The van der Waals surface area contributed by atoms with Crippen molar-refractivity contribution in [3.8, 4) is 0 Å². The Morgan fingerprint density at radius 3 is 2.71 bits per heavy atom. The van der Waals surface area contributed by atoms with Crippen LogP contribution in [0.3, 0.4) is 0 Å². The Labute approximate surface area is 102 Å². The van der Waals surface area contributed by atoms with Gasteiger partial charge in [0.15, 0.2) is 5.41 Å². The molecule has 2 heterocycles. The van der Waals surface area contributed by atoms with E-state index in [0.29, 0.717) is 6.54 Å². The maximum absolute atomic E-state index is 11.8. The number of aryl methyl sites for hydroxylation is 1. The molecule has 0 aromatic carbocycles. The van der Waals surface area contributed by atoms with Gasteiger partial charge in [0.2, 0.25) is 5.91 Å². The van der Waals surface area contributed by atoms with Crippen molar-refractivity contribution in [2.75, 3.05) is 13.2 Å². The first-order valence-corrected chi connectivity index (χ1v) is 6.06. The lowest BCUT2D eigenvalue weighted by atomic mass is 9.85. The van der Waals surface area contributed by atoms with Crippen molar-refractivity contribution < 1.29 is 19.4 Å². The van der Waals surface area contributed by atoms with E-state index in [1.165, 1.54) is 0 Å². The highest BCUT2D eigenvalue weighted by atomic mass is 32.1. The molecular formula is C11H13NO4S. The number of thiophene rings is 1. The fourth-order valence-electron chi connectivity index (χ4n) is 1.57. The SMILES string of the molecule is Cc1ccsc1CNC(=O)C1(C(=O)O)COC1. The molecule has 0 aliphatic carbocycles. The molecule has 92 valence electrons. The Morgan fingerprint density at radius 1 is 1.59 bits per heavy atom. The average molecular weight is 255 g/mol. The zero-order valence-corrected chi connectivity index (χ0v) is 10.2. The zero-order chi connectivity index (χ0) is 12.5. The van der Waals surface area contributed by atoms with Crippen molar-refractivity contribution in [3.63, 3.8) is 0 Å². The molecule has 2 N–H and O–H groups in total. The van der Waals surface area contributed by atoms with Gasteiger partial charge in [-0.2, -0.15) is 0 Å². The first-order valence-electron chi connectivity index (χ1n) is 5.19. The molecule has 1 aromatic rings. The molecule has 5 nitrogen and oxygen atoms in total. The number of carboxylic acids is 1. The van der Waals surface area contributed by atoms with Gasteiger partial charge in [-0.3, -0.25) is 9.59 Å². The summed E-state index contributed by atoms with van der Waals surface area (Å²) in [5.41, 5.74) is -0.282. The van der Waals surface area contributed by atoms with Gasteiger partial charge in [0.1, 0.15) is 0 Å². The van der Waals surface area contributed by atoms with Crippen LogP contribution >= 0.6 is 11.3 Å². The lowest BCUT2D eigenvalue weighted by Gasteiger charge is -2.35. The van der Waals surface area contributed by atoms with Crippen LogP contribution in [0.2, 0.25) is 0 Å². The Kier molecular flexibility index (Phi) is 3.17. The monoisotopic (exact) mass is 255 g/mol. The number of ether oxygens (including phenoxy) is 1. The Bertz CT molecular complexity index is 450. The number of nitrogens with one attached hydrogen (secondary N) is 1. The number of rotatable bonds is 4. The number of aliphatic carboxylic acids is 1. The van der Waals surface area contributed by atoms with Gasteiger partial charge in [0.05, 0.1) is 19.8 Å². The largest absolute Gasteiger partial charge is 0.480 e. The second-order valence-corrected chi connectivity index (χ2v) is 5.09. The van der Waals surface area contributed by atoms with E-state index in [1.807, 2.05) is 18.4 Å². The number of amides is 1. The van der Waals surface area contributed by atoms with Crippen LogP contribution in [0.5, 0.6) is 0 Å². The number of hydrogen-bond acceptors (Lipinski definition) is 4. The average Bonchev–Trinajstić information content (AvgIpc) is 2.58. The highest BCUT2D eigenvalue weighted by Gasteiger charge is 2.53. The first kappa shape index (κ1) is 12.1. The van der Waals surface area contributed by atoms with Crippen molar-refractivity contribution in [2.24, 2.45) is 5.41 Å². The van der Waals surface area contributed by atoms with Crippen LogP contribution in [0.1, 0.15) is 10.4 Å². The van der Waals surface area contributed by atoms with Gasteiger partial charge in [-0.05, 0) is 23.9 Å². The topological polar surface area (TPSA) is 75.6 Å². The molecule has 0 radical (unpaired) electrons. The molecule has 2 rings (SSSR count). The summed E-state index contributed by atoms with van der Waals surface area (Å²) in [7, 11) is 0. The van der Waals surface area contributed by atoms with E-state index in [2.05, 4.69) is 5.32 Å². The summed E-state index contributed by atoms with van der Waals surface area (Å²) in [5.74, 6) is -1.59. The third-order valence-corrected chi connectivity index (χ3v) is 3.94. The second-order valence-electron chi connectivity index (χ2n) is 4.09. The minimum atomic E-state index is -1.38. The quantitative estimate of drug-likeness (QED) is 0.779. The summed E-state index contributed by atoms with van der Waals surface area (Å²) in [4.78, 5) is 23.9. The van der Waals surface area contributed by atoms with E-state index in [-0.39, 0.29) is 13.2 Å². The van der Waals surface area contributed by atoms with Crippen molar-refractivity contribution in [1.29, 1.82) is 0 Å². The minimum Gasteiger partial charge on any atom is -0.480 e. The van der Waals surface area contributed by atoms with Crippen LogP contribution in [-0.2, 0) is 20.9 Å². The van der Waals surface area contributed by atoms with E-state index in [4.69, 9.17) is 9.84 Å². The van der Waals surface area contributed by atoms with Gasteiger partial charge in [-0.1, -0.05) is 0 Å². The molecule has 6 heteroatoms. The van der Waals surface area contributed by atoms with E-state index in [9.17, 15) is 9.59 Å². The van der Waals surface area contributed by atoms with Crippen LogP contribution in [-0.4, -0.2) is 30.2 Å². The smallest absolute Gasteiger partial charge is 0.324 e. The van der Waals surface area contributed by atoms with Crippen LogP contribution in [0.25, 0.3) is 0 Å². The summed E-state index contributed by atoms with van der Waals surface area (Å²) in [5, 5.41) is 13.6. The van der Waals surface area contributed by atoms with Gasteiger partial charge in [0, 0.05) is 4.88 Å². The summed E-state index contributed by atoms with van der Waals surface area (Å²) in [6.45, 7) is 2.24. The van der Waals surface area contributed by atoms with Crippen molar-refractivity contribution in [2.45, 2.75) is 13.5 Å². The number of carbonyl (C=O) groups excluding carboxylic acids is 1. The van der Waals surface area contributed by atoms with E-state index < -0.39 is 17.3 Å². The molecule has 0 saturated carbocycles. The summed E-state index contributed by atoms with van der Waals surface area (Å²) >= 11 is 1.54. The molecule has 0 atom stereocenters. The van der Waals surface area contributed by atoms with Crippen LogP contribution < -0.4 is 5.32 Å². The fraction of sp³-hybridized carbons (Fsp3) is 0.455. The molecule has 1 aromatic heterocycles. The van der Waals surface area contributed by atoms with Gasteiger partial charge < -0.3 is 15.2 Å². The Balaban J connectivity index is 1.98. The van der Waals surface area contributed by atoms with E-state index >= 15 is 0 Å². The van der Waals surface area contributed by atoms with Crippen LogP contribution in [0, 0.1) is 12.3 Å². The lowest BCUT2D eigenvalue weighted by Crippen LogP contribution is -2.58. The van der Waals surface area contributed by atoms with E-state index in [0.717, 1.165) is 10.4 Å². The predicted molar refractivity (Wildman–Crippen MR) is 61.8 cm³/mol. The number of carbonyl (C=O) groups is 2. The highest BCUT2D eigenvalue weighted by molar-refractivity contribution is 7.10.